The number of aromatic nitrogens is 5. The number of benzene rings is 1. The Balaban J connectivity index is 1.62. The Morgan fingerprint density at radius 3 is 2.68 bits per heavy atom. The van der Waals surface area contributed by atoms with Gasteiger partial charge in [0.2, 0.25) is 5.95 Å². The topological polar surface area (TPSA) is 83.8 Å². The van der Waals surface area contributed by atoms with Crippen LogP contribution in [-0.2, 0) is 0 Å². The molecule has 142 valence electrons. The van der Waals surface area contributed by atoms with Crippen molar-refractivity contribution in [2.75, 3.05) is 5.32 Å². The molecule has 3 heterocycles. The average Bonchev–Trinajstić information content (AvgIpc) is 3.36. The molecule has 0 amide bonds. The van der Waals surface area contributed by atoms with Crippen LogP contribution < -0.4 is 5.32 Å². The van der Waals surface area contributed by atoms with Crippen LogP contribution in [0.2, 0.25) is 0 Å². The lowest BCUT2D eigenvalue weighted by atomic mass is 10.0. The molecule has 0 saturated carbocycles. The third kappa shape index (κ3) is 3.78. The fourth-order valence-corrected chi connectivity index (χ4v) is 2.92. The molecule has 4 rings (SSSR count). The predicted molar refractivity (Wildman–Crippen MR) is 113 cm³/mol. The number of H-pyrrole nitrogens is 1. The zero-order chi connectivity index (χ0) is 19.5. The van der Waals surface area contributed by atoms with Gasteiger partial charge in [-0.05, 0) is 25.5 Å². The van der Waals surface area contributed by atoms with Crippen molar-refractivity contribution in [3.63, 3.8) is 0 Å². The van der Waals surface area contributed by atoms with Crippen LogP contribution in [0.1, 0.15) is 38.3 Å². The highest BCUT2D eigenvalue weighted by Gasteiger charge is 2.10. The van der Waals surface area contributed by atoms with E-state index in [0.717, 1.165) is 16.7 Å². The number of hydrogen-bond acceptors (Lipinski definition) is 5. The van der Waals surface area contributed by atoms with Gasteiger partial charge in [-0.3, -0.25) is 4.68 Å². The Hall–Kier alpha value is -3.48. The first-order valence-electron chi connectivity index (χ1n) is 9.35. The largest absolute Gasteiger partial charge is 0.346 e. The third-order valence-corrected chi connectivity index (χ3v) is 4.53. The summed E-state index contributed by atoms with van der Waals surface area (Å²) < 4.78 is 1.89. The monoisotopic (exact) mass is 373 g/mol. The Labute approximate surface area is 163 Å². The second-order valence-corrected chi connectivity index (χ2v) is 7.02. The third-order valence-electron chi connectivity index (χ3n) is 4.53. The quantitative estimate of drug-likeness (QED) is 0.467. The summed E-state index contributed by atoms with van der Waals surface area (Å²) >= 11 is 0. The number of rotatable bonds is 6. The van der Waals surface area contributed by atoms with Crippen LogP contribution in [0.3, 0.4) is 0 Å². The van der Waals surface area contributed by atoms with E-state index in [0.29, 0.717) is 17.8 Å². The summed E-state index contributed by atoms with van der Waals surface area (Å²) in [5.41, 5.74) is 2.80. The summed E-state index contributed by atoms with van der Waals surface area (Å²) in [6, 6.07) is 12.5. The van der Waals surface area contributed by atoms with Gasteiger partial charge in [0.05, 0.1) is 17.3 Å². The van der Waals surface area contributed by atoms with E-state index in [2.05, 4.69) is 63.3 Å². The van der Waals surface area contributed by atoms with E-state index in [1.54, 1.807) is 6.20 Å². The van der Waals surface area contributed by atoms with Crippen LogP contribution in [0.15, 0.2) is 60.0 Å². The SMILES string of the molecule is CC(/C=N\c1nc(Nc2cnn(C(C)C)c2)nc2[nH]ccc12)c1ccccc1. The van der Waals surface area contributed by atoms with Crippen molar-refractivity contribution < 1.29 is 0 Å². The minimum absolute atomic E-state index is 0.186. The van der Waals surface area contributed by atoms with Gasteiger partial charge in [-0.1, -0.05) is 37.3 Å². The molecule has 0 fully saturated rings. The smallest absolute Gasteiger partial charge is 0.231 e. The van der Waals surface area contributed by atoms with E-state index in [-0.39, 0.29) is 5.92 Å². The maximum Gasteiger partial charge on any atom is 0.231 e. The van der Waals surface area contributed by atoms with Gasteiger partial charge in [0.15, 0.2) is 5.82 Å². The first-order valence-corrected chi connectivity index (χ1v) is 9.35. The Morgan fingerprint density at radius 1 is 1.11 bits per heavy atom. The predicted octanol–water partition coefficient (Wildman–Crippen LogP) is 4.98. The van der Waals surface area contributed by atoms with Gasteiger partial charge in [-0.15, -0.1) is 0 Å². The number of anilines is 2. The molecule has 0 saturated heterocycles. The van der Waals surface area contributed by atoms with Gasteiger partial charge in [0, 0.05) is 30.6 Å². The number of aromatic amines is 1. The molecule has 7 heteroatoms. The molecule has 4 aromatic rings. The van der Waals surface area contributed by atoms with Gasteiger partial charge in [0.1, 0.15) is 5.65 Å². The van der Waals surface area contributed by atoms with Crippen molar-refractivity contribution in [2.45, 2.75) is 32.7 Å². The Morgan fingerprint density at radius 2 is 1.93 bits per heavy atom. The molecule has 2 N–H and O–H groups in total. The molecule has 0 bridgehead atoms. The molecule has 28 heavy (non-hydrogen) atoms. The van der Waals surface area contributed by atoms with E-state index in [1.165, 1.54) is 5.56 Å². The molecule has 0 radical (unpaired) electrons. The minimum atomic E-state index is 0.186. The number of nitrogens with zero attached hydrogens (tertiary/aromatic N) is 5. The maximum atomic E-state index is 4.66. The normalized spacial score (nSPS) is 12.9. The number of nitrogens with one attached hydrogen (secondary N) is 2. The number of hydrogen-bond donors (Lipinski definition) is 2. The van der Waals surface area contributed by atoms with Crippen molar-refractivity contribution in [2.24, 2.45) is 4.99 Å². The number of aliphatic imine (C=N–C) groups is 1. The second kappa shape index (κ2) is 7.64. The summed E-state index contributed by atoms with van der Waals surface area (Å²) in [4.78, 5) is 17.0. The van der Waals surface area contributed by atoms with E-state index >= 15 is 0 Å². The molecule has 0 spiro atoms. The van der Waals surface area contributed by atoms with Crippen LogP contribution in [0.5, 0.6) is 0 Å². The fraction of sp³-hybridized carbons (Fsp3) is 0.238. The molecule has 0 aliphatic heterocycles. The number of fused-ring (bicyclic) bond motifs is 1. The van der Waals surface area contributed by atoms with E-state index in [4.69, 9.17) is 0 Å². The summed E-state index contributed by atoms with van der Waals surface area (Å²) in [6.45, 7) is 6.28. The zero-order valence-corrected chi connectivity index (χ0v) is 16.2. The lowest BCUT2D eigenvalue weighted by Gasteiger charge is -2.07. The fourth-order valence-electron chi connectivity index (χ4n) is 2.92. The molecule has 0 aliphatic rings. The Bertz CT molecular complexity index is 1090. The van der Waals surface area contributed by atoms with Crippen molar-refractivity contribution in [3.8, 4) is 0 Å². The van der Waals surface area contributed by atoms with Crippen LogP contribution in [0.25, 0.3) is 11.0 Å². The Kier molecular flexibility index (Phi) is 4.89. The van der Waals surface area contributed by atoms with E-state index in [9.17, 15) is 0 Å². The van der Waals surface area contributed by atoms with Gasteiger partial charge < -0.3 is 10.3 Å². The standard InChI is InChI=1S/C21H23N7/c1-14(2)28-13-17(12-24-28)25-21-26-19-18(9-10-22-19)20(27-21)23-11-15(3)16-7-5-4-6-8-16/h4-15H,1-3H3,(H2,22,25,26,27)/b23-11-. The molecule has 3 aromatic heterocycles. The molecule has 1 unspecified atom stereocenters. The summed E-state index contributed by atoms with van der Waals surface area (Å²) in [5, 5.41) is 8.45. The highest BCUT2D eigenvalue weighted by Crippen LogP contribution is 2.26. The first-order chi connectivity index (χ1) is 13.6. The van der Waals surface area contributed by atoms with Crippen molar-refractivity contribution in [3.05, 3.63) is 60.6 Å². The highest BCUT2D eigenvalue weighted by molar-refractivity contribution is 5.89. The molecule has 1 aromatic carbocycles. The molecular formula is C21H23N7. The average molecular weight is 373 g/mol. The van der Waals surface area contributed by atoms with E-state index < -0.39 is 0 Å². The molecule has 7 nitrogen and oxygen atoms in total. The zero-order valence-electron chi connectivity index (χ0n) is 16.2. The highest BCUT2D eigenvalue weighted by atomic mass is 15.3. The summed E-state index contributed by atoms with van der Waals surface area (Å²) in [7, 11) is 0. The van der Waals surface area contributed by atoms with Crippen molar-refractivity contribution >= 4 is 34.7 Å². The summed E-state index contributed by atoms with van der Waals surface area (Å²) in [6.07, 6.45) is 7.47. The van der Waals surface area contributed by atoms with Gasteiger partial charge in [0.25, 0.3) is 0 Å². The van der Waals surface area contributed by atoms with Gasteiger partial charge in [-0.2, -0.15) is 15.1 Å². The molecule has 1 atom stereocenters. The lowest BCUT2D eigenvalue weighted by molar-refractivity contribution is 0.532. The minimum Gasteiger partial charge on any atom is -0.346 e. The van der Waals surface area contributed by atoms with Crippen LogP contribution in [0.4, 0.5) is 17.5 Å². The lowest BCUT2D eigenvalue weighted by Crippen LogP contribution is -2.00. The van der Waals surface area contributed by atoms with E-state index in [1.807, 2.05) is 47.6 Å². The van der Waals surface area contributed by atoms with Crippen LogP contribution in [0, 0.1) is 0 Å². The van der Waals surface area contributed by atoms with Crippen molar-refractivity contribution in [1.29, 1.82) is 0 Å². The van der Waals surface area contributed by atoms with Crippen molar-refractivity contribution in [1.82, 2.24) is 24.7 Å². The van der Waals surface area contributed by atoms with Crippen LogP contribution >= 0.6 is 0 Å². The first kappa shape index (κ1) is 17.9. The molecular weight excluding hydrogens is 350 g/mol. The molecule has 0 aliphatic carbocycles. The summed E-state index contributed by atoms with van der Waals surface area (Å²) in [5.74, 6) is 1.30. The second-order valence-electron chi connectivity index (χ2n) is 7.02. The van der Waals surface area contributed by atoms with Gasteiger partial charge >= 0.3 is 0 Å². The maximum absolute atomic E-state index is 4.66. The van der Waals surface area contributed by atoms with Gasteiger partial charge in [-0.25, -0.2) is 4.99 Å². The van der Waals surface area contributed by atoms with Crippen LogP contribution in [-0.4, -0.2) is 30.9 Å².